The Balaban J connectivity index is 1.67. The van der Waals surface area contributed by atoms with Crippen molar-refractivity contribution in [1.82, 2.24) is 10.2 Å². The van der Waals surface area contributed by atoms with Crippen LogP contribution in [0.2, 0.25) is 0 Å². The molecule has 1 aliphatic rings. The Kier molecular flexibility index (Phi) is 4.66. The lowest BCUT2D eigenvalue weighted by molar-refractivity contribution is 0.250. The van der Waals surface area contributed by atoms with Gasteiger partial charge < -0.3 is 9.73 Å². The highest BCUT2D eigenvalue weighted by atomic mass is 127. The summed E-state index contributed by atoms with van der Waals surface area (Å²) >= 11 is 2.19. The van der Waals surface area contributed by atoms with Crippen LogP contribution in [0.3, 0.4) is 0 Å². The standard InChI is InChI=1S/C12H19IN2O/c1-10(15-6-2-3-7-15)8-14-9-11-4-5-12(13)16-11/h4-5,10,14H,2-3,6-9H2,1H3. The van der Waals surface area contributed by atoms with Crippen molar-refractivity contribution >= 4 is 22.6 Å². The van der Waals surface area contributed by atoms with Gasteiger partial charge in [0.2, 0.25) is 0 Å². The van der Waals surface area contributed by atoms with Crippen molar-refractivity contribution in [3.05, 3.63) is 21.7 Å². The van der Waals surface area contributed by atoms with Gasteiger partial charge in [0.15, 0.2) is 3.77 Å². The van der Waals surface area contributed by atoms with Gasteiger partial charge in [0.05, 0.1) is 6.54 Å². The van der Waals surface area contributed by atoms with Crippen molar-refractivity contribution in [3.63, 3.8) is 0 Å². The van der Waals surface area contributed by atoms with Crippen LogP contribution in [0.25, 0.3) is 0 Å². The number of rotatable bonds is 5. The topological polar surface area (TPSA) is 28.4 Å². The van der Waals surface area contributed by atoms with Crippen LogP contribution >= 0.6 is 22.6 Å². The maximum absolute atomic E-state index is 5.50. The number of nitrogens with one attached hydrogen (secondary N) is 1. The fourth-order valence-electron chi connectivity index (χ4n) is 2.16. The molecule has 1 atom stereocenters. The Morgan fingerprint density at radius 3 is 2.81 bits per heavy atom. The first kappa shape index (κ1) is 12.4. The van der Waals surface area contributed by atoms with Gasteiger partial charge in [-0.1, -0.05) is 0 Å². The summed E-state index contributed by atoms with van der Waals surface area (Å²) in [6.07, 6.45) is 2.72. The molecule has 0 amide bonds. The molecule has 1 saturated heterocycles. The van der Waals surface area contributed by atoms with Gasteiger partial charge in [0.1, 0.15) is 5.76 Å². The predicted octanol–water partition coefficient (Wildman–Crippen LogP) is 2.46. The van der Waals surface area contributed by atoms with E-state index >= 15 is 0 Å². The van der Waals surface area contributed by atoms with Gasteiger partial charge in [-0.15, -0.1) is 0 Å². The normalized spacial score (nSPS) is 19.1. The van der Waals surface area contributed by atoms with Crippen LogP contribution in [0, 0.1) is 3.77 Å². The summed E-state index contributed by atoms with van der Waals surface area (Å²) < 4.78 is 6.46. The van der Waals surface area contributed by atoms with Crippen molar-refractivity contribution in [3.8, 4) is 0 Å². The van der Waals surface area contributed by atoms with Gasteiger partial charge in [-0.3, -0.25) is 4.90 Å². The highest BCUT2D eigenvalue weighted by Gasteiger charge is 2.17. The molecule has 0 aromatic carbocycles. The van der Waals surface area contributed by atoms with Crippen molar-refractivity contribution < 1.29 is 4.42 Å². The molecule has 2 rings (SSSR count). The molecule has 1 aromatic heterocycles. The number of furan rings is 1. The van der Waals surface area contributed by atoms with Gasteiger partial charge in [-0.25, -0.2) is 0 Å². The van der Waals surface area contributed by atoms with Crippen molar-refractivity contribution in [2.24, 2.45) is 0 Å². The lowest BCUT2D eigenvalue weighted by Crippen LogP contribution is -2.38. The van der Waals surface area contributed by atoms with Gasteiger partial charge in [-0.05, 0) is 67.6 Å². The second kappa shape index (κ2) is 6.02. The first-order valence-corrected chi connectivity index (χ1v) is 7.02. The minimum Gasteiger partial charge on any atom is -0.454 e. The van der Waals surface area contributed by atoms with Crippen molar-refractivity contribution in [2.45, 2.75) is 32.4 Å². The molecule has 1 N–H and O–H groups in total. The highest BCUT2D eigenvalue weighted by molar-refractivity contribution is 14.1. The highest BCUT2D eigenvalue weighted by Crippen LogP contribution is 2.12. The SMILES string of the molecule is CC(CNCc1ccc(I)o1)N1CCCC1. The van der Waals surface area contributed by atoms with Crippen molar-refractivity contribution in [2.75, 3.05) is 19.6 Å². The van der Waals surface area contributed by atoms with Crippen LogP contribution in [0.15, 0.2) is 16.5 Å². The van der Waals surface area contributed by atoms with Gasteiger partial charge in [0.25, 0.3) is 0 Å². The summed E-state index contributed by atoms with van der Waals surface area (Å²) in [7, 11) is 0. The molecular weight excluding hydrogens is 315 g/mol. The molecule has 90 valence electrons. The molecule has 0 saturated carbocycles. The maximum Gasteiger partial charge on any atom is 0.164 e. The molecule has 0 radical (unpaired) electrons. The first-order valence-electron chi connectivity index (χ1n) is 5.94. The van der Waals surface area contributed by atoms with Crippen LogP contribution in [-0.4, -0.2) is 30.6 Å². The number of hydrogen-bond donors (Lipinski definition) is 1. The lowest BCUT2D eigenvalue weighted by atomic mass is 10.3. The summed E-state index contributed by atoms with van der Waals surface area (Å²) in [6, 6.07) is 4.67. The van der Waals surface area contributed by atoms with Crippen LogP contribution in [0.4, 0.5) is 0 Å². The molecule has 1 fully saturated rings. The Morgan fingerprint density at radius 1 is 1.44 bits per heavy atom. The third kappa shape index (κ3) is 3.46. The quantitative estimate of drug-likeness (QED) is 0.839. The molecule has 0 bridgehead atoms. The van der Waals surface area contributed by atoms with E-state index in [-0.39, 0.29) is 0 Å². The zero-order chi connectivity index (χ0) is 11.4. The van der Waals surface area contributed by atoms with Gasteiger partial charge in [-0.2, -0.15) is 0 Å². The molecule has 0 aliphatic carbocycles. The summed E-state index contributed by atoms with van der Waals surface area (Å²) in [5.74, 6) is 1.03. The molecule has 3 nitrogen and oxygen atoms in total. The Morgan fingerprint density at radius 2 is 2.19 bits per heavy atom. The average molecular weight is 334 g/mol. The van der Waals surface area contributed by atoms with E-state index in [1.807, 2.05) is 12.1 Å². The van der Waals surface area contributed by atoms with E-state index in [9.17, 15) is 0 Å². The number of halogens is 1. The lowest BCUT2D eigenvalue weighted by Gasteiger charge is -2.23. The van der Waals surface area contributed by atoms with E-state index in [0.717, 1.165) is 22.6 Å². The van der Waals surface area contributed by atoms with Gasteiger partial charge in [0, 0.05) is 12.6 Å². The van der Waals surface area contributed by atoms with E-state index < -0.39 is 0 Å². The third-order valence-electron chi connectivity index (χ3n) is 3.13. The van der Waals surface area contributed by atoms with E-state index in [0.29, 0.717) is 6.04 Å². The monoisotopic (exact) mass is 334 g/mol. The fourth-order valence-corrected chi connectivity index (χ4v) is 2.63. The molecule has 2 heterocycles. The molecule has 0 spiro atoms. The third-order valence-corrected chi connectivity index (χ3v) is 3.71. The van der Waals surface area contributed by atoms with E-state index in [2.05, 4.69) is 39.7 Å². The number of hydrogen-bond acceptors (Lipinski definition) is 3. The smallest absolute Gasteiger partial charge is 0.164 e. The van der Waals surface area contributed by atoms with Crippen molar-refractivity contribution in [1.29, 1.82) is 0 Å². The van der Waals surface area contributed by atoms with E-state index in [1.54, 1.807) is 0 Å². The first-order chi connectivity index (χ1) is 7.75. The Hall–Kier alpha value is -0.0700. The minimum absolute atomic E-state index is 0.636. The van der Waals surface area contributed by atoms with Gasteiger partial charge >= 0.3 is 0 Å². The number of likely N-dealkylation sites (tertiary alicyclic amines) is 1. The zero-order valence-electron chi connectivity index (χ0n) is 9.71. The molecule has 1 aromatic rings. The van der Waals surface area contributed by atoms with Crippen LogP contribution < -0.4 is 5.32 Å². The molecular formula is C12H19IN2O. The zero-order valence-corrected chi connectivity index (χ0v) is 11.9. The second-order valence-corrected chi connectivity index (χ2v) is 5.49. The van der Waals surface area contributed by atoms with Crippen LogP contribution in [0.1, 0.15) is 25.5 Å². The Bertz CT molecular complexity index is 321. The fraction of sp³-hybridized carbons (Fsp3) is 0.667. The molecule has 1 unspecified atom stereocenters. The predicted molar refractivity (Wildman–Crippen MR) is 73.4 cm³/mol. The molecule has 1 aliphatic heterocycles. The van der Waals surface area contributed by atoms with E-state index in [4.69, 9.17) is 4.42 Å². The minimum atomic E-state index is 0.636. The van der Waals surface area contributed by atoms with E-state index in [1.165, 1.54) is 25.9 Å². The van der Waals surface area contributed by atoms with Crippen LogP contribution in [0.5, 0.6) is 0 Å². The summed E-state index contributed by atoms with van der Waals surface area (Å²) in [5.41, 5.74) is 0. The number of nitrogens with zero attached hydrogens (tertiary/aromatic N) is 1. The molecule has 4 heteroatoms. The maximum atomic E-state index is 5.50. The van der Waals surface area contributed by atoms with Crippen LogP contribution in [-0.2, 0) is 6.54 Å². The molecule has 16 heavy (non-hydrogen) atoms. The largest absolute Gasteiger partial charge is 0.454 e. The Labute approximate surface area is 111 Å². The average Bonchev–Trinajstić information content (AvgIpc) is 2.89. The summed E-state index contributed by atoms with van der Waals surface area (Å²) in [4.78, 5) is 2.55. The second-order valence-electron chi connectivity index (χ2n) is 4.43. The summed E-state index contributed by atoms with van der Waals surface area (Å²) in [5, 5.41) is 3.45. The summed E-state index contributed by atoms with van der Waals surface area (Å²) in [6.45, 7) is 6.70.